The molecule has 0 saturated carbocycles. The van der Waals surface area contributed by atoms with Crippen LogP contribution in [0.5, 0.6) is 0 Å². The fourth-order valence-electron chi connectivity index (χ4n) is 2.32. The number of ether oxygens (including phenoxy) is 1. The molecule has 0 bridgehead atoms. The highest BCUT2D eigenvalue weighted by Crippen LogP contribution is 2.29. The molecule has 0 spiro atoms. The maximum atomic E-state index is 12.7. The summed E-state index contributed by atoms with van der Waals surface area (Å²) in [5, 5.41) is 9.55. The number of aliphatic carboxylic acids is 1. The Morgan fingerprint density at radius 1 is 1.24 bits per heavy atom. The van der Waals surface area contributed by atoms with E-state index in [9.17, 15) is 18.0 Å². The molecular weight excluding hydrogens is 366 g/mol. The number of carbonyl (C=O) groups is 2. The van der Waals surface area contributed by atoms with Crippen LogP contribution in [-0.2, 0) is 19.6 Å². The van der Waals surface area contributed by atoms with Gasteiger partial charge in [-0.1, -0.05) is 6.92 Å². The number of carboxylic acid groups (broad SMARTS) is 1. The van der Waals surface area contributed by atoms with Crippen molar-refractivity contribution >= 4 is 43.4 Å². The molecule has 7 nitrogen and oxygen atoms in total. The van der Waals surface area contributed by atoms with Gasteiger partial charge in [-0.25, -0.2) is 13.2 Å². The third-order valence-corrected chi connectivity index (χ3v) is 6.32. The molecule has 0 amide bonds. The highest BCUT2D eigenvalue weighted by Gasteiger charge is 2.26. The third kappa shape index (κ3) is 4.36. The Kier molecular flexibility index (Phi) is 6.15. The standard InChI is InChI=1S/C16H19NO6S2/c1-3-7-17(10-15(18)19)25(21,22)12-5-6-13-11(8-12)9-14(24-13)16(20)23-4-2/h5-6,8-9H,3-4,7,10H2,1-2H3,(H,18,19). The van der Waals surface area contributed by atoms with Gasteiger partial charge in [0, 0.05) is 11.2 Å². The number of rotatable bonds is 8. The van der Waals surface area contributed by atoms with E-state index in [-0.39, 0.29) is 18.0 Å². The zero-order valence-electron chi connectivity index (χ0n) is 13.9. The quantitative estimate of drug-likeness (QED) is 0.701. The Balaban J connectivity index is 2.42. The molecule has 9 heteroatoms. The van der Waals surface area contributed by atoms with E-state index in [0.29, 0.717) is 16.7 Å². The fourth-order valence-corrected chi connectivity index (χ4v) is 4.77. The Bertz CT molecular complexity index is 887. The topological polar surface area (TPSA) is 101 Å². The summed E-state index contributed by atoms with van der Waals surface area (Å²) in [6.07, 6.45) is 0.500. The molecule has 0 saturated heterocycles. The normalized spacial score (nSPS) is 11.8. The Hall–Kier alpha value is -1.97. The van der Waals surface area contributed by atoms with Gasteiger partial charge in [-0.3, -0.25) is 4.79 Å². The summed E-state index contributed by atoms with van der Waals surface area (Å²) >= 11 is 1.22. The van der Waals surface area contributed by atoms with Gasteiger partial charge in [0.15, 0.2) is 0 Å². The summed E-state index contributed by atoms with van der Waals surface area (Å²) in [7, 11) is -3.93. The lowest BCUT2D eigenvalue weighted by atomic mass is 10.2. The Morgan fingerprint density at radius 2 is 1.96 bits per heavy atom. The summed E-state index contributed by atoms with van der Waals surface area (Å²) in [6, 6.07) is 6.07. The van der Waals surface area contributed by atoms with E-state index in [2.05, 4.69) is 0 Å². The number of thiophene rings is 1. The number of carbonyl (C=O) groups excluding carboxylic acids is 1. The highest BCUT2D eigenvalue weighted by molar-refractivity contribution is 7.89. The number of sulfonamides is 1. The molecule has 0 atom stereocenters. The van der Waals surface area contributed by atoms with Crippen molar-refractivity contribution in [3.05, 3.63) is 29.1 Å². The van der Waals surface area contributed by atoms with Crippen molar-refractivity contribution in [3.63, 3.8) is 0 Å². The van der Waals surface area contributed by atoms with Crippen LogP contribution in [0.3, 0.4) is 0 Å². The first-order valence-corrected chi connectivity index (χ1v) is 9.98. The van der Waals surface area contributed by atoms with E-state index in [1.165, 1.54) is 23.5 Å². The minimum Gasteiger partial charge on any atom is -0.480 e. The lowest BCUT2D eigenvalue weighted by molar-refractivity contribution is -0.137. The zero-order chi connectivity index (χ0) is 18.6. The lowest BCUT2D eigenvalue weighted by Gasteiger charge is -2.19. The smallest absolute Gasteiger partial charge is 0.348 e. The van der Waals surface area contributed by atoms with Crippen LogP contribution in [0.4, 0.5) is 0 Å². The average molecular weight is 385 g/mol. The average Bonchev–Trinajstić information content (AvgIpc) is 2.97. The van der Waals surface area contributed by atoms with E-state index in [1.807, 2.05) is 0 Å². The van der Waals surface area contributed by atoms with Crippen LogP contribution in [0.25, 0.3) is 10.1 Å². The number of esters is 1. The van der Waals surface area contributed by atoms with Crippen molar-refractivity contribution in [2.75, 3.05) is 19.7 Å². The number of nitrogens with zero attached hydrogens (tertiary/aromatic N) is 1. The minimum absolute atomic E-state index is 0.00269. The van der Waals surface area contributed by atoms with Crippen LogP contribution in [0.1, 0.15) is 29.9 Å². The molecule has 1 heterocycles. The number of hydrogen-bond acceptors (Lipinski definition) is 6. The van der Waals surface area contributed by atoms with Crippen LogP contribution >= 0.6 is 11.3 Å². The van der Waals surface area contributed by atoms with Crippen molar-refractivity contribution in [2.45, 2.75) is 25.2 Å². The second-order valence-electron chi connectivity index (χ2n) is 5.26. The fraction of sp³-hybridized carbons (Fsp3) is 0.375. The predicted molar refractivity (Wildman–Crippen MR) is 94.5 cm³/mol. The van der Waals surface area contributed by atoms with Crippen LogP contribution in [0.2, 0.25) is 0 Å². The molecule has 1 aromatic carbocycles. The Morgan fingerprint density at radius 3 is 2.56 bits per heavy atom. The SMILES string of the molecule is CCCN(CC(=O)O)S(=O)(=O)c1ccc2sc(C(=O)OCC)cc2c1. The van der Waals surface area contributed by atoms with Gasteiger partial charge in [0.05, 0.1) is 11.5 Å². The molecule has 2 aromatic rings. The maximum absolute atomic E-state index is 12.7. The summed E-state index contributed by atoms with van der Waals surface area (Å²) in [5.41, 5.74) is 0. The van der Waals surface area contributed by atoms with Crippen molar-refractivity contribution in [3.8, 4) is 0 Å². The Labute approximate surface area is 149 Å². The number of fused-ring (bicyclic) bond motifs is 1. The van der Waals surface area contributed by atoms with E-state index < -0.39 is 28.5 Å². The minimum atomic E-state index is -3.93. The van der Waals surface area contributed by atoms with Crippen LogP contribution < -0.4 is 0 Å². The van der Waals surface area contributed by atoms with E-state index in [4.69, 9.17) is 9.84 Å². The highest BCUT2D eigenvalue weighted by atomic mass is 32.2. The maximum Gasteiger partial charge on any atom is 0.348 e. The third-order valence-electron chi connectivity index (χ3n) is 3.39. The van der Waals surface area contributed by atoms with Gasteiger partial charge in [-0.05, 0) is 43.0 Å². The summed E-state index contributed by atoms with van der Waals surface area (Å²) in [5.74, 6) is -1.66. The molecule has 0 aliphatic heterocycles. The van der Waals surface area contributed by atoms with Crippen LogP contribution in [0.15, 0.2) is 29.2 Å². The molecule has 0 unspecified atom stereocenters. The summed E-state index contributed by atoms with van der Waals surface area (Å²) in [6.45, 7) is 3.27. The number of carboxylic acids is 1. The van der Waals surface area contributed by atoms with E-state index in [0.717, 1.165) is 9.01 Å². The largest absolute Gasteiger partial charge is 0.480 e. The van der Waals surface area contributed by atoms with Gasteiger partial charge in [-0.15, -0.1) is 11.3 Å². The van der Waals surface area contributed by atoms with Crippen molar-refractivity contribution in [1.29, 1.82) is 0 Å². The second-order valence-corrected chi connectivity index (χ2v) is 8.28. The van der Waals surface area contributed by atoms with Gasteiger partial charge in [0.2, 0.25) is 10.0 Å². The first-order chi connectivity index (χ1) is 11.8. The molecule has 2 rings (SSSR count). The van der Waals surface area contributed by atoms with Gasteiger partial charge < -0.3 is 9.84 Å². The molecule has 1 N–H and O–H groups in total. The van der Waals surface area contributed by atoms with E-state index >= 15 is 0 Å². The van der Waals surface area contributed by atoms with Crippen molar-refractivity contribution < 1.29 is 27.9 Å². The molecule has 0 radical (unpaired) electrons. The van der Waals surface area contributed by atoms with Crippen molar-refractivity contribution in [2.24, 2.45) is 0 Å². The molecule has 0 aliphatic rings. The predicted octanol–water partition coefficient (Wildman–Crippen LogP) is 2.56. The molecule has 136 valence electrons. The first kappa shape index (κ1) is 19.4. The molecule has 0 aliphatic carbocycles. The van der Waals surface area contributed by atoms with Gasteiger partial charge in [0.25, 0.3) is 0 Å². The lowest BCUT2D eigenvalue weighted by Crippen LogP contribution is -2.36. The molecule has 1 aromatic heterocycles. The monoisotopic (exact) mass is 385 g/mol. The van der Waals surface area contributed by atoms with Gasteiger partial charge in [-0.2, -0.15) is 4.31 Å². The second kappa shape index (κ2) is 7.94. The first-order valence-electron chi connectivity index (χ1n) is 7.72. The van der Waals surface area contributed by atoms with Crippen LogP contribution in [0, 0.1) is 0 Å². The van der Waals surface area contributed by atoms with Gasteiger partial charge in [0.1, 0.15) is 11.4 Å². The van der Waals surface area contributed by atoms with E-state index in [1.54, 1.807) is 26.0 Å². The van der Waals surface area contributed by atoms with Gasteiger partial charge >= 0.3 is 11.9 Å². The number of hydrogen-bond donors (Lipinski definition) is 1. The molecule has 25 heavy (non-hydrogen) atoms. The summed E-state index contributed by atoms with van der Waals surface area (Å²) < 4.78 is 32.1. The zero-order valence-corrected chi connectivity index (χ0v) is 15.5. The van der Waals surface area contributed by atoms with Crippen LogP contribution in [-0.4, -0.2) is 49.5 Å². The molecular formula is C16H19NO6S2. The summed E-state index contributed by atoms with van der Waals surface area (Å²) in [4.78, 5) is 23.2. The number of benzene rings is 1. The molecule has 0 fully saturated rings. The van der Waals surface area contributed by atoms with Crippen molar-refractivity contribution in [1.82, 2.24) is 4.31 Å².